The van der Waals surface area contributed by atoms with E-state index < -0.39 is 14.4 Å². The van der Waals surface area contributed by atoms with E-state index in [1.54, 1.807) is 0 Å². The minimum Gasteiger partial charge on any atom is -0.501 e. The van der Waals surface area contributed by atoms with E-state index in [-0.39, 0.29) is 31.4 Å². The average molecular weight is 976 g/mol. The maximum absolute atomic E-state index is 8.69. The van der Waals surface area contributed by atoms with Crippen molar-refractivity contribution < 1.29 is 27.3 Å². The Balaban J connectivity index is 0.000000209. The van der Waals surface area contributed by atoms with Gasteiger partial charge in [-0.1, -0.05) is 153 Å². The molecule has 1 radical (unpaired) electrons. The van der Waals surface area contributed by atoms with Crippen LogP contribution in [0.2, 0.25) is 19.6 Å². The van der Waals surface area contributed by atoms with E-state index in [2.05, 4.69) is 152 Å². The summed E-state index contributed by atoms with van der Waals surface area (Å²) in [6.45, 7) is 26.2. The van der Waals surface area contributed by atoms with Gasteiger partial charge in [0.25, 0.3) is 0 Å². The van der Waals surface area contributed by atoms with Crippen LogP contribution >= 0.6 is 0 Å². The van der Waals surface area contributed by atoms with Gasteiger partial charge in [-0.05, 0) is 69.7 Å². The van der Waals surface area contributed by atoms with E-state index >= 15 is 0 Å². The molecule has 0 unspecified atom stereocenters. The molecule has 6 heteroatoms. The molecule has 3 heterocycles. The smallest absolute Gasteiger partial charge is 0.120 e. The topological polar surface area (TPSA) is 43.9 Å². The standard InChI is InChI=1S/C31H27N2O.C22H32NSi.Ir/c1-19(2)21-12-9-13-22(20(3)4)29(21)33-27-17-7-6-16-26(27)32-31(33)25-15-10-14-24-23-11-5-8-18-28(23)34-30(24)25;1-16(2)12-18-14-20(23-15-21(18)24(6,7)8)17-10-9-11-19(13-17)22(3,4)5;/h5-14,16-20H,1-4H3;9,11,13-16H,12H2,1-8H3;/q2*-1;/i;12D2;. The van der Waals surface area contributed by atoms with Gasteiger partial charge < -0.3 is 14.0 Å². The van der Waals surface area contributed by atoms with Crippen molar-refractivity contribution in [1.82, 2.24) is 14.5 Å². The second-order valence-electron chi connectivity index (χ2n) is 18.5. The zero-order valence-corrected chi connectivity index (χ0v) is 40.1. The van der Waals surface area contributed by atoms with Gasteiger partial charge in [0.15, 0.2) is 0 Å². The van der Waals surface area contributed by atoms with Crippen molar-refractivity contribution in [3.63, 3.8) is 0 Å². The Labute approximate surface area is 369 Å². The van der Waals surface area contributed by atoms with Gasteiger partial charge in [-0.15, -0.1) is 53.6 Å². The quantitative estimate of drug-likeness (QED) is 0.113. The number of furan rings is 1. The molecule has 307 valence electrons. The Bertz CT molecular complexity index is 2800. The second kappa shape index (κ2) is 17.5. The first kappa shape index (κ1) is 41.1. The Morgan fingerprint density at radius 1 is 0.780 bits per heavy atom. The summed E-state index contributed by atoms with van der Waals surface area (Å²) in [6.07, 6.45) is 0.531. The number of rotatable bonds is 8. The van der Waals surface area contributed by atoms with E-state index in [0.29, 0.717) is 11.8 Å². The summed E-state index contributed by atoms with van der Waals surface area (Å²) < 4.78 is 26.1. The Kier molecular flexibility index (Phi) is 12.2. The summed E-state index contributed by atoms with van der Waals surface area (Å²) >= 11 is 0. The molecule has 3 aromatic heterocycles. The zero-order valence-electron chi connectivity index (χ0n) is 38.7. The summed E-state index contributed by atoms with van der Waals surface area (Å²) in [5.41, 5.74) is 12.3. The van der Waals surface area contributed by atoms with Crippen molar-refractivity contribution in [3.05, 3.63) is 144 Å². The Hall–Kier alpha value is -4.61. The van der Waals surface area contributed by atoms with Crippen molar-refractivity contribution in [1.29, 1.82) is 0 Å². The number of imidazole rings is 1. The molecule has 0 fully saturated rings. The summed E-state index contributed by atoms with van der Waals surface area (Å²) in [5.74, 6) is 1.50. The van der Waals surface area contributed by atoms with E-state index in [1.165, 1.54) is 22.4 Å². The maximum atomic E-state index is 8.69. The van der Waals surface area contributed by atoms with E-state index in [4.69, 9.17) is 17.1 Å². The third-order valence-corrected chi connectivity index (χ3v) is 12.8. The fourth-order valence-corrected chi connectivity index (χ4v) is 9.16. The summed E-state index contributed by atoms with van der Waals surface area (Å²) in [7, 11) is -1.71. The molecule has 0 aliphatic heterocycles. The molecule has 8 aromatic rings. The molecule has 0 N–H and O–H groups in total. The van der Waals surface area contributed by atoms with E-state index in [9.17, 15) is 0 Å². The third kappa shape index (κ3) is 9.11. The molecular formula is C53H59IrN3OSi-2. The molecular weight excluding hydrogens is 915 g/mol. The molecule has 5 aromatic carbocycles. The Morgan fingerprint density at radius 3 is 2.10 bits per heavy atom. The van der Waals surface area contributed by atoms with Gasteiger partial charge in [0.2, 0.25) is 0 Å². The van der Waals surface area contributed by atoms with Crippen molar-refractivity contribution in [2.45, 2.75) is 106 Å². The van der Waals surface area contributed by atoms with Gasteiger partial charge in [-0.2, -0.15) is 0 Å². The van der Waals surface area contributed by atoms with E-state index in [0.717, 1.165) is 66.4 Å². The predicted octanol–water partition coefficient (Wildman–Crippen LogP) is 14.2. The number of hydrogen-bond acceptors (Lipinski definition) is 3. The normalized spacial score (nSPS) is 12.9. The molecule has 59 heavy (non-hydrogen) atoms. The number of benzene rings is 5. The van der Waals surface area contributed by atoms with Crippen LogP contribution in [0.25, 0.3) is 61.3 Å². The van der Waals surface area contributed by atoms with Crippen LogP contribution in [0, 0.1) is 18.1 Å². The molecule has 0 amide bonds. The van der Waals surface area contributed by atoms with Crippen LogP contribution in [0.15, 0.2) is 114 Å². The fourth-order valence-electron chi connectivity index (χ4n) is 7.76. The molecule has 0 atom stereocenters. The zero-order chi connectivity index (χ0) is 43.3. The number of fused-ring (bicyclic) bond motifs is 4. The predicted molar refractivity (Wildman–Crippen MR) is 250 cm³/mol. The van der Waals surface area contributed by atoms with Crippen molar-refractivity contribution in [2.24, 2.45) is 5.92 Å². The van der Waals surface area contributed by atoms with Crippen LogP contribution in [-0.2, 0) is 31.9 Å². The third-order valence-electron chi connectivity index (χ3n) is 10.8. The van der Waals surface area contributed by atoms with Crippen LogP contribution in [0.1, 0.15) is 99.1 Å². The van der Waals surface area contributed by atoms with Gasteiger partial charge >= 0.3 is 0 Å². The number of hydrogen-bond donors (Lipinski definition) is 0. The van der Waals surface area contributed by atoms with Gasteiger partial charge in [-0.3, -0.25) is 4.98 Å². The minimum absolute atomic E-state index is 0. The molecule has 0 saturated heterocycles. The molecule has 0 aliphatic carbocycles. The Morgan fingerprint density at radius 2 is 1.44 bits per heavy atom. The minimum atomic E-state index is -1.71. The van der Waals surface area contributed by atoms with Crippen LogP contribution in [0.3, 0.4) is 0 Å². The second-order valence-corrected chi connectivity index (χ2v) is 23.5. The molecule has 0 spiro atoms. The SMILES string of the molecule is CC(C)c1cccc(C(C)C)c1-n1c(-c2[c-]ccc3c2oc2ccccc23)nc2ccccc21.[2H]C([2H])(c1cc(-c2[c-]ccc(C(C)(C)C)c2)ncc1[Si](C)(C)C)C(C)C.[Ir]. The average Bonchev–Trinajstić information content (AvgIpc) is 3.79. The number of para-hydroxylation sites is 4. The van der Waals surface area contributed by atoms with Crippen molar-refractivity contribution in [2.75, 3.05) is 0 Å². The van der Waals surface area contributed by atoms with Crippen LogP contribution < -0.4 is 5.19 Å². The summed E-state index contributed by atoms with van der Waals surface area (Å²) in [5, 5.41) is 3.30. The van der Waals surface area contributed by atoms with Gasteiger partial charge in [0.05, 0.1) is 30.5 Å². The summed E-state index contributed by atoms with van der Waals surface area (Å²) in [6, 6.07) is 42.2. The molecule has 0 saturated carbocycles. The molecule has 0 bridgehead atoms. The number of nitrogens with zero attached hydrogens (tertiary/aromatic N) is 3. The maximum Gasteiger partial charge on any atom is 0.120 e. The fraction of sp³-hybridized carbons (Fsp3) is 0.321. The largest absolute Gasteiger partial charge is 0.501 e. The van der Waals surface area contributed by atoms with Crippen molar-refractivity contribution in [3.8, 4) is 28.3 Å². The van der Waals surface area contributed by atoms with Crippen molar-refractivity contribution >= 4 is 46.2 Å². The van der Waals surface area contributed by atoms with Crippen LogP contribution in [0.4, 0.5) is 0 Å². The number of aromatic nitrogens is 3. The number of pyridine rings is 1. The van der Waals surface area contributed by atoms with E-state index in [1.807, 2.05) is 56.4 Å². The first-order valence-electron chi connectivity index (χ1n) is 21.8. The first-order valence-corrected chi connectivity index (χ1v) is 24.3. The van der Waals surface area contributed by atoms with Crippen LogP contribution in [-0.4, -0.2) is 22.6 Å². The molecule has 8 rings (SSSR count). The monoisotopic (exact) mass is 976 g/mol. The van der Waals surface area contributed by atoms with Gasteiger partial charge in [0.1, 0.15) is 5.58 Å². The first-order chi connectivity index (χ1) is 28.3. The molecule has 0 aliphatic rings. The molecule has 4 nitrogen and oxygen atoms in total. The van der Waals surface area contributed by atoms with Gasteiger partial charge in [-0.25, -0.2) is 0 Å². The van der Waals surface area contributed by atoms with Gasteiger partial charge in [0, 0.05) is 40.1 Å². The van der Waals surface area contributed by atoms with Crippen LogP contribution in [0.5, 0.6) is 0 Å². The summed E-state index contributed by atoms with van der Waals surface area (Å²) in [4.78, 5) is 9.86.